The van der Waals surface area contributed by atoms with Gasteiger partial charge in [-0.2, -0.15) is 0 Å². The topological polar surface area (TPSA) is 26.3 Å². The van der Waals surface area contributed by atoms with E-state index in [-0.39, 0.29) is 5.97 Å². The summed E-state index contributed by atoms with van der Waals surface area (Å²) >= 11 is 3.38. The van der Waals surface area contributed by atoms with Crippen molar-refractivity contribution in [2.75, 3.05) is 6.61 Å². The first-order valence-corrected chi connectivity index (χ1v) is 5.12. The van der Waals surface area contributed by atoms with Gasteiger partial charge in [0.25, 0.3) is 0 Å². The summed E-state index contributed by atoms with van der Waals surface area (Å²) in [5, 5.41) is 0. The lowest BCUT2D eigenvalue weighted by atomic mass is 10.2. The predicted octanol–water partition coefficient (Wildman–Crippen LogP) is 3.03. The molecule has 3 heteroatoms. The molecule has 1 rings (SSSR count). The van der Waals surface area contributed by atoms with E-state index in [1.54, 1.807) is 13.0 Å². The maximum absolute atomic E-state index is 11.0. The molecule has 2 nitrogen and oxygen atoms in total. The molecule has 0 aromatic heterocycles. The molecule has 0 saturated carbocycles. The second kappa shape index (κ2) is 5.60. The van der Waals surface area contributed by atoms with Crippen molar-refractivity contribution in [3.8, 4) is 0 Å². The largest absolute Gasteiger partial charge is 0.463 e. The Balaban J connectivity index is 2.69. The molecule has 1 aromatic rings. The monoisotopic (exact) mass is 254 g/mol. The van der Waals surface area contributed by atoms with Crippen LogP contribution in [0.5, 0.6) is 0 Å². The first-order chi connectivity index (χ1) is 6.74. The number of hydrogen-bond donors (Lipinski definition) is 0. The van der Waals surface area contributed by atoms with Gasteiger partial charge in [-0.1, -0.05) is 34.1 Å². The Bertz CT molecular complexity index is 345. The minimum Gasteiger partial charge on any atom is -0.463 e. The average molecular weight is 255 g/mol. The summed E-state index contributed by atoms with van der Waals surface area (Å²) in [4.78, 5) is 11.0. The van der Waals surface area contributed by atoms with Crippen molar-refractivity contribution in [3.05, 3.63) is 40.4 Å². The van der Waals surface area contributed by atoms with Crippen LogP contribution in [-0.4, -0.2) is 12.6 Å². The van der Waals surface area contributed by atoms with Crippen LogP contribution in [0, 0.1) is 0 Å². The zero-order chi connectivity index (χ0) is 10.4. The Labute approximate surface area is 91.7 Å². The molecule has 0 saturated heterocycles. The third kappa shape index (κ3) is 3.34. The number of rotatable bonds is 3. The third-order valence-electron chi connectivity index (χ3n) is 1.59. The fourth-order valence-corrected chi connectivity index (χ4v) is 1.38. The van der Waals surface area contributed by atoms with E-state index >= 15 is 0 Å². The van der Waals surface area contributed by atoms with Crippen molar-refractivity contribution < 1.29 is 9.53 Å². The number of hydrogen-bond acceptors (Lipinski definition) is 2. The van der Waals surface area contributed by atoms with Gasteiger partial charge in [0, 0.05) is 10.5 Å². The van der Waals surface area contributed by atoms with Gasteiger partial charge in [0.1, 0.15) is 0 Å². The molecule has 0 radical (unpaired) electrons. The number of carbonyl (C=O) groups excluding carboxylic acids is 1. The van der Waals surface area contributed by atoms with E-state index in [0.717, 1.165) is 10.0 Å². The molecule has 1 aromatic carbocycles. The lowest BCUT2D eigenvalue weighted by molar-refractivity contribution is -0.137. The van der Waals surface area contributed by atoms with E-state index in [1.165, 1.54) is 6.08 Å². The lowest BCUT2D eigenvalue weighted by Gasteiger charge is -1.97. The molecule has 0 spiro atoms. The number of esters is 1. The normalized spacial score (nSPS) is 10.4. The standard InChI is InChI=1S/C11H11BrO2/c1-2-14-11(13)8-7-9-5-3-4-6-10(9)12/h3-8H,2H2,1H3. The quantitative estimate of drug-likeness (QED) is 0.613. The van der Waals surface area contributed by atoms with E-state index < -0.39 is 0 Å². The smallest absolute Gasteiger partial charge is 0.330 e. The molecule has 74 valence electrons. The van der Waals surface area contributed by atoms with E-state index in [4.69, 9.17) is 4.74 Å². The van der Waals surface area contributed by atoms with Crippen molar-refractivity contribution in [2.45, 2.75) is 6.92 Å². The summed E-state index contributed by atoms with van der Waals surface area (Å²) in [7, 11) is 0. The highest BCUT2D eigenvalue weighted by molar-refractivity contribution is 9.10. The van der Waals surface area contributed by atoms with Gasteiger partial charge in [0.05, 0.1) is 6.61 Å². The highest BCUT2D eigenvalue weighted by Gasteiger charge is 1.96. The minimum absolute atomic E-state index is 0.316. The van der Waals surface area contributed by atoms with E-state index in [0.29, 0.717) is 6.61 Å². The van der Waals surface area contributed by atoms with Crippen LogP contribution < -0.4 is 0 Å². The van der Waals surface area contributed by atoms with Crippen LogP contribution in [-0.2, 0) is 9.53 Å². The second-order valence-corrected chi connectivity index (χ2v) is 3.46. The van der Waals surface area contributed by atoms with Crippen molar-refractivity contribution in [1.29, 1.82) is 0 Å². The summed E-state index contributed by atoms with van der Waals surface area (Å²) < 4.78 is 5.72. The SMILES string of the molecule is CCOC(=O)C=Cc1ccccc1Br. The van der Waals surface area contributed by atoms with Crippen molar-refractivity contribution >= 4 is 28.0 Å². The van der Waals surface area contributed by atoms with Crippen molar-refractivity contribution in [2.24, 2.45) is 0 Å². The average Bonchev–Trinajstić information content (AvgIpc) is 2.17. The van der Waals surface area contributed by atoms with Crippen LogP contribution in [0.25, 0.3) is 6.08 Å². The van der Waals surface area contributed by atoms with Gasteiger partial charge in [-0.05, 0) is 24.6 Å². The molecule has 0 fully saturated rings. The van der Waals surface area contributed by atoms with Crippen LogP contribution in [0.15, 0.2) is 34.8 Å². The van der Waals surface area contributed by atoms with Gasteiger partial charge < -0.3 is 4.74 Å². The Kier molecular flexibility index (Phi) is 4.40. The molecular weight excluding hydrogens is 244 g/mol. The Morgan fingerprint density at radius 2 is 2.21 bits per heavy atom. The van der Waals surface area contributed by atoms with Crippen LogP contribution in [0.3, 0.4) is 0 Å². The van der Waals surface area contributed by atoms with Gasteiger partial charge in [0.2, 0.25) is 0 Å². The Hall–Kier alpha value is -1.09. The van der Waals surface area contributed by atoms with Crippen LogP contribution >= 0.6 is 15.9 Å². The van der Waals surface area contributed by atoms with Crippen molar-refractivity contribution in [3.63, 3.8) is 0 Å². The Morgan fingerprint density at radius 1 is 1.50 bits per heavy atom. The number of benzene rings is 1. The summed E-state index contributed by atoms with van der Waals surface area (Å²) in [5.74, 6) is -0.316. The van der Waals surface area contributed by atoms with Gasteiger partial charge >= 0.3 is 5.97 Å². The lowest BCUT2D eigenvalue weighted by Crippen LogP contribution is -1.98. The highest BCUT2D eigenvalue weighted by Crippen LogP contribution is 2.16. The molecule has 0 aliphatic carbocycles. The molecule has 0 unspecified atom stereocenters. The van der Waals surface area contributed by atoms with Gasteiger partial charge in [-0.15, -0.1) is 0 Å². The molecule has 0 aliphatic rings. The molecule has 0 aliphatic heterocycles. The summed E-state index contributed by atoms with van der Waals surface area (Å²) in [6.45, 7) is 2.18. The van der Waals surface area contributed by atoms with Crippen LogP contribution in [0.4, 0.5) is 0 Å². The van der Waals surface area contributed by atoms with Gasteiger partial charge in [-0.25, -0.2) is 4.79 Å². The van der Waals surface area contributed by atoms with Crippen LogP contribution in [0.2, 0.25) is 0 Å². The molecule has 0 N–H and O–H groups in total. The summed E-state index contributed by atoms with van der Waals surface area (Å²) in [6.07, 6.45) is 3.14. The molecule has 0 heterocycles. The fraction of sp³-hybridized carbons (Fsp3) is 0.182. The number of carbonyl (C=O) groups is 1. The first kappa shape index (κ1) is 11.0. The van der Waals surface area contributed by atoms with Crippen molar-refractivity contribution in [1.82, 2.24) is 0 Å². The van der Waals surface area contributed by atoms with E-state index in [9.17, 15) is 4.79 Å². The molecule has 0 amide bonds. The van der Waals surface area contributed by atoms with Gasteiger partial charge in [-0.3, -0.25) is 0 Å². The highest BCUT2D eigenvalue weighted by atomic mass is 79.9. The molecule has 14 heavy (non-hydrogen) atoms. The van der Waals surface area contributed by atoms with E-state index in [1.807, 2.05) is 24.3 Å². The zero-order valence-corrected chi connectivity index (χ0v) is 9.45. The molecular formula is C11H11BrO2. The number of ether oxygens (including phenoxy) is 1. The van der Waals surface area contributed by atoms with Crippen LogP contribution in [0.1, 0.15) is 12.5 Å². The maximum atomic E-state index is 11.0. The summed E-state index contributed by atoms with van der Waals surface area (Å²) in [5.41, 5.74) is 0.959. The minimum atomic E-state index is -0.316. The predicted molar refractivity (Wildman–Crippen MR) is 59.8 cm³/mol. The first-order valence-electron chi connectivity index (χ1n) is 4.33. The van der Waals surface area contributed by atoms with Gasteiger partial charge in [0.15, 0.2) is 0 Å². The number of halogens is 1. The maximum Gasteiger partial charge on any atom is 0.330 e. The molecule has 0 atom stereocenters. The molecule has 0 bridgehead atoms. The fourth-order valence-electron chi connectivity index (χ4n) is 0.958. The summed E-state index contributed by atoms with van der Waals surface area (Å²) in [6, 6.07) is 7.67. The zero-order valence-electron chi connectivity index (χ0n) is 7.87. The van der Waals surface area contributed by atoms with E-state index in [2.05, 4.69) is 15.9 Å². The second-order valence-electron chi connectivity index (χ2n) is 2.61. The Morgan fingerprint density at radius 3 is 2.86 bits per heavy atom. The third-order valence-corrected chi connectivity index (χ3v) is 2.31.